The first-order valence-electron chi connectivity index (χ1n) is 7.53. The molecule has 3 aromatic rings. The van der Waals surface area contributed by atoms with Crippen molar-refractivity contribution in [3.63, 3.8) is 0 Å². The zero-order valence-electron chi connectivity index (χ0n) is 11.9. The van der Waals surface area contributed by atoms with Crippen LogP contribution in [0.25, 0.3) is 10.8 Å². The maximum Gasteiger partial charge on any atom is 0.0558 e. The summed E-state index contributed by atoms with van der Waals surface area (Å²) in [6.07, 6.45) is 7.41. The van der Waals surface area contributed by atoms with E-state index >= 15 is 0 Å². The van der Waals surface area contributed by atoms with Crippen LogP contribution in [0.15, 0.2) is 54.9 Å². The summed E-state index contributed by atoms with van der Waals surface area (Å²) < 4.78 is 0. The fraction of sp³-hybridized carbons (Fsp3) is 0.211. The highest BCUT2D eigenvalue weighted by Crippen LogP contribution is 2.30. The topological polar surface area (TPSA) is 38.9 Å². The van der Waals surface area contributed by atoms with E-state index in [1.54, 1.807) is 0 Å². The van der Waals surface area contributed by atoms with Crippen molar-refractivity contribution in [1.29, 1.82) is 0 Å². The van der Waals surface area contributed by atoms with Gasteiger partial charge in [-0.2, -0.15) is 0 Å². The van der Waals surface area contributed by atoms with Gasteiger partial charge in [0.15, 0.2) is 0 Å². The Bertz CT molecular complexity index is 802. The van der Waals surface area contributed by atoms with Gasteiger partial charge in [-0.3, -0.25) is 4.98 Å². The second-order valence-electron chi connectivity index (χ2n) is 5.80. The van der Waals surface area contributed by atoms with Gasteiger partial charge in [-0.05, 0) is 53.0 Å². The molecule has 2 heteroatoms. The molecule has 1 aliphatic rings. The number of aryl methyl sites for hydroxylation is 2. The van der Waals surface area contributed by atoms with Gasteiger partial charge in [0, 0.05) is 17.8 Å². The molecule has 4 rings (SSSR count). The number of pyridine rings is 1. The molecule has 0 amide bonds. The molecule has 1 atom stereocenters. The van der Waals surface area contributed by atoms with E-state index in [0.29, 0.717) is 0 Å². The fourth-order valence-corrected chi connectivity index (χ4v) is 3.37. The summed E-state index contributed by atoms with van der Waals surface area (Å²) in [7, 11) is 0. The molecule has 1 aliphatic carbocycles. The molecule has 0 fully saturated rings. The quantitative estimate of drug-likeness (QED) is 0.772. The second kappa shape index (κ2) is 4.97. The molecular weight excluding hydrogens is 256 g/mol. The second-order valence-corrected chi connectivity index (χ2v) is 5.80. The minimum Gasteiger partial charge on any atom is -0.320 e. The summed E-state index contributed by atoms with van der Waals surface area (Å²) in [6.45, 7) is 0. The normalized spacial score (nSPS) is 15.1. The van der Waals surface area contributed by atoms with E-state index in [1.165, 1.54) is 41.3 Å². The highest BCUT2D eigenvalue weighted by Gasteiger charge is 2.16. The number of hydrogen-bond donors (Lipinski definition) is 1. The van der Waals surface area contributed by atoms with Crippen molar-refractivity contribution in [2.24, 2.45) is 5.73 Å². The van der Waals surface area contributed by atoms with Gasteiger partial charge in [-0.1, -0.05) is 36.4 Å². The molecule has 0 spiro atoms. The van der Waals surface area contributed by atoms with Gasteiger partial charge in [-0.25, -0.2) is 0 Å². The van der Waals surface area contributed by atoms with Gasteiger partial charge < -0.3 is 5.73 Å². The number of hydrogen-bond acceptors (Lipinski definition) is 2. The van der Waals surface area contributed by atoms with Crippen molar-refractivity contribution in [2.45, 2.75) is 25.3 Å². The van der Waals surface area contributed by atoms with Crippen LogP contribution in [-0.4, -0.2) is 4.98 Å². The number of nitrogens with zero attached hydrogens (tertiary/aromatic N) is 1. The number of rotatable bonds is 2. The first kappa shape index (κ1) is 12.5. The largest absolute Gasteiger partial charge is 0.320 e. The first-order valence-corrected chi connectivity index (χ1v) is 7.53. The van der Waals surface area contributed by atoms with Gasteiger partial charge in [-0.15, -0.1) is 0 Å². The first-order chi connectivity index (χ1) is 10.3. The minimum atomic E-state index is -0.0937. The number of nitrogens with two attached hydrogens (primary N) is 1. The number of benzene rings is 2. The molecule has 0 radical (unpaired) electrons. The average molecular weight is 274 g/mol. The molecule has 21 heavy (non-hydrogen) atoms. The number of fused-ring (bicyclic) bond motifs is 2. The molecule has 2 N–H and O–H groups in total. The lowest BCUT2D eigenvalue weighted by Gasteiger charge is -2.16. The predicted octanol–water partition coefficient (Wildman–Crippen LogP) is 3.77. The van der Waals surface area contributed by atoms with Gasteiger partial charge in [0.2, 0.25) is 0 Å². The van der Waals surface area contributed by atoms with Gasteiger partial charge >= 0.3 is 0 Å². The molecule has 2 nitrogen and oxygen atoms in total. The van der Waals surface area contributed by atoms with E-state index in [2.05, 4.69) is 41.4 Å². The Morgan fingerprint density at radius 3 is 2.86 bits per heavy atom. The summed E-state index contributed by atoms with van der Waals surface area (Å²) in [4.78, 5) is 4.25. The van der Waals surface area contributed by atoms with E-state index in [4.69, 9.17) is 5.73 Å². The molecule has 2 aromatic carbocycles. The molecule has 1 heterocycles. The third kappa shape index (κ3) is 2.12. The maximum atomic E-state index is 6.55. The molecular formula is C19H18N2. The van der Waals surface area contributed by atoms with Crippen LogP contribution in [0.1, 0.15) is 34.7 Å². The summed E-state index contributed by atoms with van der Waals surface area (Å²) in [5.41, 5.74) is 11.9. The lowest BCUT2D eigenvalue weighted by Crippen LogP contribution is -2.12. The highest BCUT2D eigenvalue weighted by molar-refractivity contribution is 5.85. The van der Waals surface area contributed by atoms with Crippen LogP contribution < -0.4 is 5.73 Å². The van der Waals surface area contributed by atoms with Crippen LogP contribution in [-0.2, 0) is 12.8 Å². The fourth-order valence-electron chi connectivity index (χ4n) is 3.37. The summed E-state index contributed by atoms with van der Waals surface area (Å²) >= 11 is 0. The Labute approximate surface area is 124 Å². The summed E-state index contributed by atoms with van der Waals surface area (Å²) in [5, 5.41) is 2.34. The summed E-state index contributed by atoms with van der Waals surface area (Å²) in [5.74, 6) is 0. The Morgan fingerprint density at radius 1 is 1.00 bits per heavy atom. The van der Waals surface area contributed by atoms with Crippen molar-refractivity contribution < 1.29 is 0 Å². The van der Waals surface area contributed by atoms with E-state index in [-0.39, 0.29) is 6.04 Å². The SMILES string of the molecule is NC(c1ccc2c(c1)CCC2)c1cccc2ccncc12. The van der Waals surface area contributed by atoms with E-state index in [1.807, 2.05) is 18.5 Å². The third-order valence-corrected chi connectivity index (χ3v) is 4.53. The van der Waals surface area contributed by atoms with Crippen molar-refractivity contribution >= 4 is 10.8 Å². The molecule has 0 aliphatic heterocycles. The van der Waals surface area contributed by atoms with E-state index in [9.17, 15) is 0 Å². The Morgan fingerprint density at radius 2 is 1.90 bits per heavy atom. The molecule has 0 saturated heterocycles. The maximum absolute atomic E-state index is 6.55. The lowest BCUT2D eigenvalue weighted by molar-refractivity contribution is 0.875. The van der Waals surface area contributed by atoms with Crippen LogP contribution in [0.4, 0.5) is 0 Å². The molecule has 1 unspecified atom stereocenters. The highest BCUT2D eigenvalue weighted by atomic mass is 14.6. The van der Waals surface area contributed by atoms with Gasteiger partial charge in [0.25, 0.3) is 0 Å². The number of aromatic nitrogens is 1. The molecule has 0 saturated carbocycles. The van der Waals surface area contributed by atoms with Crippen molar-refractivity contribution in [3.05, 3.63) is 77.1 Å². The average Bonchev–Trinajstić information content (AvgIpc) is 3.01. The van der Waals surface area contributed by atoms with Gasteiger partial charge in [0.05, 0.1) is 6.04 Å². The predicted molar refractivity (Wildman–Crippen MR) is 86.2 cm³/mol. The van der Waals surface area contributed by atoms with E-state index in [0.717, 1.165) is 10.9 Å². The van der Waals surface area contributed by atoms with Crippen LogP contribution in [0, 0.1) is 0 Å². The zero-order valence-corrected chi connectivity index (χ0v) is 11.9. The smallest absolute Gasteiger partial charge is 0.0558 e. The van der Waals surface area contributed by atoms with Crippen molar-refractivity contribution in [3.8, 4) is 0 Å². The monoisotopic (exact) mass is 274 g/mol. The van der Waals surface area contributed by atoms with Crippen LogP contribution in [0.3, 0.4) is 0 Å². The van der Waals surface area contributed by atoms with Crippen molar-refractivity contribution in [1.82, 2.24) is 4.98 Å². The van der Waals surface area contributed by atoms with Gasteiger partial charge in [0.1, 0.15) is 0 Å². The molecule has 104 valence electrons. The van der Waals surface area contributed by atoms with Crippen LogP contribution >= 0.6 is 0 Å². The molecule has 1 aromatic heterocycles. The minimum absolute atomic E-state index is 0.0937. The van der Waals surface area contributed by atoms with E-state index < -0.39 is 0 Å². The molecule has 0 bridgehead atoms. The zero-order chi connectivity index (χ0) is 14.2. The van der Waals surface area contributed by atoms with Crippen LogP contribution in [0.5, 0.6) is 0 Å². The van der Waals surface area contributed by atoms with Crippen LogP contribution in [0.2, 0.25) is 0 Å². The standard InChI is InChI=1S/C19H18N2/c20-19(16-8-7-13-3-1-5-15(13)11-16)17-6-2-4-14-9-10-21-12-18(14)17/h2,4,6-12,19H,1,3,5,20H2. The Balaban J connectivity index is 1.81. The summed E-state index contributed by atoms with van der Waals surface area (Å²) in [6, 6.07) is 15.0. The Kier molecular flexibility index (Phi) is 2.97. The third-order valence-electron chi connectivity index (χ3n) is 4.53. The Hall–Kier alpha value is -2.19. The van der Waals surface area contributed by atoms with Crippen molar-refractivity contribution in [2.75, 3.05) is 0 Å². The lowest BCUT2D eigenvalue weighted by atomic mass is 9.93.